The van der Waals surface area contributed by atoms with E-state index in [1.807, 2.05) is 18.0 Å². The van der Waals surface area contributed by atoms with E-state index >= 15 is 0 Å². The fraction of sp³-hybridized carbons (Fsp3) is 0.500. The van der Waals surface area contributed by atoms with Crippen molar-refractivity contribution in [3.05, 3.63) is 28.2 Å². The number of nitrogens with zero attached hydrogens (tertiary/aromatic N) is 2. The highest BCUT2D eigenvalue weighted by Gasteiger charge is 2.23. The Balaban J connectivity index is 2.20. The zero-order chi connectivity index (χ0) is 14.0. The summed E-state index contributed by atoms with van der Waals surface area (Å²) in [5.74, 6) is -0.880. The van der Waals surface area contributed by atoms with Crippen LogP contribution >= 0.6 is 15.9 Å². The molecule has 1 unspecified atom stereocenters. The lowest BCUT2D eigenvalue weighted by molar-refractivity contribution is 0.0697. The van der Waals surface area contributed by atoms with Gasteiger partial charge < -0.3 is 14.9 Å². The summed E-state index contributed by atoms with van der Waals surface area (Å²) in [6, 6.07) is 5.79. The molecule has 1 aliphatic rings. The first-order valence-electron chi connectivity index (χ1n) is 6.43. The van der Waals surface area contributed by atoms with Crippen LogP contribution in [0.2, 0.25) is 0 Å². The molecule has 104 valence electrons. The fourth-order valence-corrected chi connectivity index (χ4v) is 2.97. The number of anilines is 1. The second-order valence-corrected chi connectivity index (χ2v) is 6.04. The van der Waals surface area contributed by atoms with Gasteiger partial charge in [0.1, 0.15) is 0 Å². The molecule has 1 heterocycles. The molecule has 1 atom stereocenters. The van der Waals surface area contributed by atoms with E-state index in [2.05, 4.69) is 27.9 Å². The van der Waals surface area contributed by atoms with Crippen molar-refractivity contribution in [3.8, 4) is 0 Å². The number of rotatable bonds is 4. The molecule has 1 aromatic rings. The van der Waals surface area contributed by atoms with E-state index in [0.29, 0.717) is 11.6 Å². The molecular weight excluding hydrogens is 308 g/mol. The normalized spacial score (nSPS) is 19.6. The summed E-state index contributed by atoms with van der Waals surface area (Å²) in [6.45, 7) is 1.98. The van der Waals surface area contributed by atoms with Crippen LogP contribution in [0.5, 0.6) is 0 Å². The lowest BCUT2D eigenvalue weighted by Crippen LogP contribution is -2.37. The highest BCUT2D eigenvalue weighted by Crippen LogP contribution is 2.26. The second kappa shape index (κ2) is 5.92. The molecule has 19 heavy (non-hydrogen) atoms. The first-order chi connectivity index (χ1) is 8.99. The topological polar surface area (TPSA) is 43.8 Å². The van der Waals surface area contributed by atoms with Crippen LogP contribution in [0.3, 0.4) is 0 Å². The van der Waals surface area contributed by atoms with Crippen LogP contribution in [0.25, 0.3) is 0 Å². The number of halogens is 1. The van der Waals surface area contributed by atoms with Crippen molar-refractivity contribution in [1.82, 2.24) is 4.90 Å². The number of likely N-dealkylation sites (N-methyl/N-ethyl adjacent to an activating group) is 2. The third-order valence-corrected chi connectivity index (χ3v) is 4.25. The highest BCUT2D eigenvalue weighted by atomic mass is 79.9. The van der Waals surface area contributed by atoms with E-state index in [0.717, 1.165) is 23.2 Å². The monoisotopic (exact) mass is 326 g/mol. The minimum atomic E-state index is -0.880. The van der Waals surface area contributed by atoms with Crippen molar-refractivity contribution in [1.29, 1.82) is 0 Å². The number of hydrogen-bond acceptors (Lipinski definition) is 3. The third kappa shape index (κ3) is 3.28. The Bertz CT molecular complexity index is 479. The predicted octanol–water partition coefficient (Wildman–Crippen LogP) is 2.68. The molecule has 0 spiro atoms. The molecule has 0 saturated carbocycles. The van der Waals surface area contributed by atoms with Crippen molar-refractivity contribution in [2.45, 2.75) is 18.9 Å². The average Bonchev–Trinajstić information content (AvgIpc) is 2.74. The number of benzene rings is 1. The summed E-state index contributed by atoms with van der Waals surface area (Å²) in [5.41, 5.74) is 1.12. The minimum absolute atomic E-state index is 0.353. The van der Waals surface area contributed by atoms with Crippen molar-refractivity contribution < 1.29 is 9.90 Å². The molecule has 0 amide bonds. The zero-order valence-corrected chi connectivity index (χ0v) is 12.9. The Morgan fingerprint density at radius 2 is 2.32 bits per heavy atom. The van der Waals surface area contributed by atoms with E-state index in [4.69, 9.17) is 0 Å². The Hall–Kier alpha value is -1.07. The standard InChI is InChI=1S/C14H19BrN2O2/c1-16-7-3-4-11(16)9-17(2)13-8-10(15)5-6-12(13)14(18)19/h5-6,8,11H,3-4,7,9H2,1-2H3,(H,18,19). The number of likely N-dealkylation sites (tertiary alicyclic amines) is 1. The molecule has 1 aliphatic heterocycles. The minimum Gasteiger partial charge on any atom is -0.478 e. The Labute approximate surface area is 122 Å². The molecule has 1 N–H and O–H groups in total. The van der Waals surface area contributed by atoms with Crippen molar-refractivity contribution in [2.75, 3.05) is 32.1 Å². The summed E-state index contributed by atoms with van der Waals surface area (Å²) in [6.07, 6.45) is 2.40. The zero-order valence-electron chi connectivity index (χ0n) is 11.3. The first-order valence-corrected chi connectivity index (χ1v) is 7.22. The largest absolute Gasteiger partial charge is 0.478 e. The summed E-state index contributed by atoms with van der Waals surface area (Å²) in [5, 5.41) is 9.27. The van der Waals surface area contributed by atoms with Gasteiger partial charge in [0.15, 0.2) is 0 Å². The Morgan fingerprint density at radius 1 is 1.58 bits per heavy atom. The van der Waals surface area contributed by atoms with Gasteiger partial charge in [0, 0.05) is 24.1 Å². The van der Waals surface area contributed by atoms with Crippen LogP contribution in [0.1, 0.15) is 23.2 Å². The average molecular weight is 327 g/mol. The molecule has 2 rings (SSSR count). The van der Waals surface area contributed by atoms with E-state index in [1.165, 1.54) is 12.8 Å². The molecule has 1 fully saturated rings. The van der Waals surface area contributed by atoms with Gasteiger partial charge in [-0.1, -0.05) is 15.9 Å². The number of carboxylic acid groups (broad SMARTS) is 1. The number of carbonyl (C=O) groups is 1. The SMILES string of the molecule is CN(CC1CCCN1C)c1cc(Br)ccc1C(=O)O. The van der Waals surface area contributed by atoms with Crippen molar-refractivity contribution in [2.24, 2.45) is 0 Å². The highest BCUT2D eigenvalue weighted by molar-refractivity contribution is 9.10. The predicted molar refractivity (Wildman–Crippen MR) is 80.0 cm³/mol. The third-order valence-electron chi connectivity index (χ3n) is 3.76. The number of carboxylic acids is 1. The second-order valence-electron chi connectivity index (χ2n) is 5.12. The molecule has 0 radical (unpaired) electrons. The fourth-order valence-electron chi connectivity index (χ4n) is 2.63. The summed E-state index contributed by atoms with van der Waals surface area (Å²) < 4.78 is 0.902. The van der Waals surface area contributed by atoms with Gasteiger partial charge in [-0.25, -0.2) is 4.79 Å². The molecule has 4 nitrogen and oxygen atoms in total. The summed E-state index contributed by atoms with van der Waals surface area (Å²) in [7, 11) is 4.09. The van der Waals surface area contributed by atoms with Gasteiger partial charge in [-0.2, -0.15) is 0 Å². The Morgan fingerprint density at radius 3 is 2.89 bits per heavy atom. The van der Waals surface area contributed by atoms with Crippen LogP contribution in [-0.4, -0.2) is 49.2 Å². The van der Waals surface area contributed by atoms with Gasteiger partial charge in [0.05, 0.1) is 11.3 Å². The number of hydrogen-bond donors (Lipinski definition) is 1. The maximum absolute atomic E-state index is 11.3. The van der Waals surface area contributed by atoms with Crippen molar-refractivity contribution >= 4 is 27.6 Å². The van der Waals surface area contributed by atoms with Gasteiger partial charge in [-0.05, 0) is 44.6 Å². The van der Waals surface area contributed by atoms with Crippen molar-refractivity contribution in [3.63, 3.8) is 0 Å². The van der Waals surface area contributed by atoms with Gasteiger partial charge in [0.2, 0.25) is 0 Å². The smallest absolute Gasteiger partial charge is 0.337 e. The van der Waals surface area contributed by atoms with E-state index in [9.17, 15) is 9.90 Å². The molecular formula is C14H19BrN2O2. The van der Waals surface area contributed by atoms with Crippen LogP contribution < -0.4 is 4.90 Å². The summed E-state index contributed by atoms with van der Waals surface area (Å²) in [4.78, 5) is 15.7. The molecule has 1 saturated heterocycles. The first kappa shape index (κ1) is 14.3. The van der Waals surface area contributed by atoms with Gasteiger partial charge in [-0.15, -0.1) is 0 Å². The molecule has 1 aromatic carbocycles. The van der Waals surface area contributed by atoms with E-state index in [1.54, 1.807) is 12.1 Å². The molecule has 0 aliphatic carbocycles. The summed E-state index contributed by atoms with van der Waals surface area (Å²) >= 11 is 3.41. The lowest BCUT2D eigenvalue weighted by atomic mass is 10.1. The molecule has 5 heteroatoms. The van der Waals surface area contributed by atoms with E-state index in [-0.39, 0.29) is 0 Å². The van der Waals surface area contributed by atoms with Gasteiger partial charge in [0.25, 0.3) is 0 Å². The molecule has 0 bridgehead atoms. The maximum Gasteiger partial charge on any atom is 0.337 e. The van der Waals surface area contributed by atoms with Gasteiger partial charge in [-0.3, -0.25) is 0 Å². The lowest BCUT2D eigenvalue weighted by Gasteiger charge is -2.28. The maximum atomic E-state index is 11.3. The Kier molecular flexibility index (Phi) is 4.47. The van der Waals surface area contributed by atoms with Crippen LogP contribution in [0, 0.1) is 0 Å². The van der Waals surface area contributed by atoms with Crippen LogP contribution in [0.4, 0.5) is 5.69 Å². The number of aromatic carboxylic acids is 1. The van der Waals surface area contributed by atoms with Crippen LogP contribution in [0.15, 0.2) is 22.7 Å². The van der Waals surface area contributed by atoms with E-state index < -0.39 is 5.97 Å². The van der Waals surface area contributed by atoms with Gasteiger partial charge >= 0.3 is 5.97 Å². The van der Waals surface area contributed by atoms with Crippen LogP contribution in [-0.2, 0) is 0 Å². The quantitative estimate of drug-likeness (QED) is 0.923. The molecule has 0 aromatic heterocycles.